The average molecular weight is 183 g/mol. The third-order valence-electron chi connectivity index (χ3n) is 3.91. The van der Waals surface area contributed by atoms with E-state index >= 15 is 0 Å². The van der Waals surface area contributed by atoms with Crippen LogP contribution in [0, 0.1) is 17.3 Å². The monoisotopic (exact) mass is 183 g/mol. The van der Waals surface area contributed by atoms with Crippen LogP contribution in [0.3, 0.4) is 0 Å². The van der Waals surface area contributed by atoms with E-state index in [0.29, 0.717) is 5.41 Å². The van der Waals surface area contributed by atoms with Crippen molar-refractivity contribution in [2.24, 2.45) is 17.3 Å². The highest BCUT2D eigenvalue weighted by Crippen LogP contribution is 2.55. The molecule has 0 radical (unpaired) electrons. The molecular formula is C12H25N. The molecule has 0 aliphatic heterocycles. The molecule has 1 aliphatic rings. The summed E-state index contributed by atoms with van der Waals surface area (Å²) in [6.45, 7) is 9.41. The fraction of sp³-hybridized carbons (Fsp3) is 1.00. The van der Waals surface area contributed by atoms with Crippen LogP contribution in [0.2, 0.25) is 0 Å². The van der Waals surface area contributed by atoms with Crippen molar-refractivity contribution >= 4 is 0 Å². The summed E-state index contributed by atoms with van der Waals surface area (Å²) in [5.41, 5.74) is 0.607. The largest absolute Gasteiger partial charge is 0.316 e. The summed E-state index contributed by atoms with van der Waals surface area (Å²) in [6, 6.07) is 0.755. The summed E-state index contributed by atoms with van der Waals surface area (Å²) in [5.74, 6) is 1.79. The van der Waals surface area contributed by atoms with Gasteiger partial charge in [-0.1, -0.05) is 40.5 Å². The predicted molar refractivity (Wildman–Crippen MR) is 58.8 cm³/mol. The van der Waals surface area contributed by atoms with Gasteiger partial charge in [-0.15, -0.1) is 0 Å². The van der Waals surface area contributed by atoms with E-state index in [4.69, 9.17) is 0 Å². The van der Waals surface area contributed by atoms with Crippen LogP contribution in [0.5, 0.6) is 0 Å². The summed E-state index contributed by atoms with van der Waals surface area (Å²) < 4.78 is 0. The maximum atomic E-state index is 3.52. The summed E-state index contributed by atoms with van der Waals surface area (Å²) in [6.07, 6.45) is 4.04. The SMILES string of the molecule is CCC(CC)C(NC)C1CC1(C)C. The van der Waals surface area contributed by atoms with E-state index in [2.05, 4.69) is 40.1 Å². The Labute approximate surface area is 83.3 Å². The van der Waals surface area contributed by atoms with Gasteiger partial charge in [0, 0.05) is 6.04 Å². The molecule has 1 saturated carbocycles. The standard InChI is InChI=1S/C12H25N/c1-6-9(7-2)11(13-5)10-8-12(10,3)4/h9-11,13H,6-8H2,1-5H3. The lowest BCUT2D eigenvalue weighted by molar-refractivity contribution is 0.293. The molecule has 1 nitrogen and oxygen atoms in total. The number of hydrogen-bond donors (Lipinski definition) is 1. The first-order valence-electron chi connectivity index (χ1n) is 5.74. The van der Waals surface area contributed by atoms with Crippen molar-refractivity contribution in [2.45, 2.75) is 53.0 Å². The molecule has 1 N–H and O–H groups in total. The predicted octanol–water partition coefficient (Wildman–Crippen LogP) is 3.06. The Bertz CT molecular complexity index is 157. The summed E-state index contributed by atoms with van der Waals surface area (Å²) in [7, 11) is 2.12. The Morgan fingerprint density at radius 1 is 1.31 bits per heavy atom. The Morgan fingerprint density at radius 2 is 1.77 bits per heavy atom. The maximum absolute atomic E-state index is 3.52. The van der Waals surface area contributed by atoms with E-state index in [-0.39, 0.29) is 0 Å². The van der Waals surface area contributed by atoms with Crippen molar-refractivity contribution in [3.63, 3.8) is 0 Å². The molecule has 0 saturated heterocycles. The highest BCUT2D eigenvalue weighted by molar-refractivity contribution is 5.03. The van der Waals surface area contributed by atoms with Gasteiger partial charge in [-0.25, -0.2) is 0 Å². The molecule has 1 heteroatoms. The van der Waals surface area contributed by atoms with Crippen LogP contribution in [0.25, 0.3) is 0 Å². The van der Waals surface area contributed by atoms with Gasteiger partial charge in [0.25, 0.3) is 0 Å². The number of nitrogens with one attached hydrogen (secondary N) is 1. The third-order valence-corrected chi connectivity index (χ3v) is 3.91. The van der Waals surface area contributed by atoms with Gasteiger partial charge in [0.15, 0.2) is 0 Å². The third kappa shape index (κ3) is 2.25. The van der Waals surface area contributed by atoms with Crippen molar-refractivity contribution in [1.82, 2.24) is 5.32 Å². The molecule has 2 atom stereocenters. The minimum atomic E-state index is 0.607. The van der Waals surface area contributed by atoms with Crippen LogP contribution in [0.1, 0.15) is 47.0 Å². The van der Waals surface area contributed by atoms with Gasteiger partial charge in [0.1, 0.15) is 0 Å². The van der Waals surface area contributed by atoms with E-state index < -0.39 is 0 Å². The fourth-order valence-corrected chi connectivity index (χ4v) is 2.68. The van der Waals surface area contributed by atoms with Gasteiger partial charge in [0.05, 0.1) is 0 Å². The van der Waals surface area contributed by atoms with Gasteiger partial charge in [0.2, 0.25) is 0 Å². The van der Waals surface area contributed by atoms with Crippen molar-refractivity contribution in [3.05, 3.63) is 0 Å². The molecule has 0 aromatic rings. The van der Waals surface area contributed by atoms with Crippen LogP contribution < -0.4 is 5.32 Å². The number of rotatable bonds is 5. The number of hydrogen-bond acceptors (Lipinski definition) is 1. The normalized spacial score (nSPS) is 27.7. The molecule has 1 aliphatic carbocycles. The molecule has 0 bridgehead atoms. The Hall–Kier alpha value is -0.0400. The molecule has 2 unspecified atom stereocenters. The highest BCUT2D eigenvalue weighted by atomic mass is 14.9. The van der Waals surface area contributed by atoms with E-state index in [9.17, 15) is 0 Å². The van der Waals surface area contributed by atoms with Gasteiger partial charge < -0.3 is 5.32 Å². The van der Waals surface area contributed by atoms with E-state index in [1.165, 1.54) is 19.3 Å². The quantitative estimate of drug-likeness (QED) is 0.691. The molecule has 13 heavy (non-hydrogen) atoms. The zero-order valence-electron chi connectivity index (χ0n) is 9.85. The molecule has 0 spiro atoms. The Balaban J connectivity index is 2.53. The second kappa shape index (κ2) is 4.00. The lowest BCUT2D eigenvalue weighted by atomic mass is 9.88. The average Bonchev–Trinajstić information content (AvgIpc) is 2.70. The molecular weight excluding hydrogens is 158 g/mol. The van der Waals surface area contributed by atoms with Gasteiger partial charge in [-0.05, 0) is 30.7 Å². The van der Waals surface area contributed by atoms with Crippen molar-refractivity contribution in [3.8, 4) is 0 Å². The van der Waals surface area contributed by atoms with Crippen molar-refractivity contribution in [1.29, 1.82) is 0 Å². The van der Waals surface area contributed by atoms with Crippen LogP contribution in [-0.2, 0) is 0 Å². The first kappa shape index (κ1) is 11.0. The van der Waals surface area contributed by atoms with E-state index in [1.807, 2.05) is 0 Å². The second-order valence-electron chi connectivity index (χ2n) is 5.19. The highest BCUT2D eigenvalue weighted by Gasteiger charge is 2.50. The van der Waals surface area contributed by atoms with Crippen LogP contribution in [-0.4, -0.2) is 13.1 Å². The van der Waals surface area contributed by atoms with Crippen LogP contribution in [0.4, 0.5) is 0 Å². The Kier molecular flexibility index (Phi) is 3.39. The molecule has 1 fully saturated rings. The van der Waals surface area contributed by atoms with Crippen molar-refractivity contribution < 1.29 is 0 Å². The van der Waals surface area contributed by atoms with Gasteiger partial charge in [-0.2, -0.15) is 0 Å². The second-order valence-corrected chi connectivity index (χ2v) is 5.19. The fourth-order valence-electron chi connectivity index (χ4n) is 2.68. The van der Waals surface area contributed by atoms with Gasteiger partial charge >= 0.3 is 0 Å². The molecule has 0 amide bonds. The van der Waals surface area contributed by atoms with E-state index in [0.717, 1.165) is 17.9 Å². The molecule has 78 valence electrons. The Morgan fingerprint density at radius 3 is 2.00 bits per heavy atom. The van der Waals surface area contributed by atoms with Crippen molar-refractivity contribution in [2.75, 3.05) is 7.05 Å². The summed E-state index contributed by atoms with van der Waals surface area (Å²) in [4.78, 5) is 0. The zero-order valence-corrected chi connectivity index (χ0v) is 9.85. The minimum Gasteiger partial charge on any atom is -0.316 e. The maximum Gasteiger partial charge on any atom is 0.0126 e. The molecule has 0 aromatic heterocycles. The lowest BCUT2D eigenvalue weighted by Crippen LogP contribution is -2.36. The molecule has 0 aromatic carbocycles. The minimum absolute atomic E-state index is 0.607. The first-order chi connectivity index (χ1) is 6.06. The van der Waals surface area contributed by atoms with Crippen LogP contribution >= 0.6 is 0 Å². The summed E-state index contributed by atoms with van der Waals surface area (Å²) in [5, 5.41) is 3.52. The molecule has 0 heterocycles. The van der Waals surface area contributed by atoms with Gasteiger partial charge in [-0.3, -0.25) is 0 Å². The van der Waals surface area contributed by atoms with E-state index in [1.54, 1.807) is 0 Å². The smallest absolute Gasteiger partial charge is 0.0126 e. The summed E-state index contributed by atoms with van der Waals surface area (Å²) >= 11 is 0. The lowest BCUT2D eigenvalue weighted by Gasteiger charge is -2.26. The van der Waals surface area contributed by atoms with Crippen LogP contribution in [0.15, 0.2) is 0 Å². The zero-order chi connectivity index (χ0) is 10.1. The topological polar surface area (TPSA) is 12.0 Å². The first-order valence-corrected chi connectivity index (χ1v) is 5.74. The molecule has 1 rings (SSSR count).